The molecule has 0 spiro atoms. The van der Waals surface area contributed by atoms with Crippen LogP contribution in [-0.2, 0) is 11.3 Å². The van der Waals surface area contributed by atoms with Crippen molar-refractivity contribution < 1.29 is 32.3 Å². The molecule has 0 bridgehead atoms. The van der Waals surface area contributed by atoms with Crippen LogP contribution in [0.3, 0.4) is 0 Å². The number of anilines is 2. The van der Waals surface area contributed by atoms with E-state index in [1.54, 1.807) is 22.8 Å². The van der Waals surface area contributed by atoms with E-state index in [0.717, 1.165) is 12.1 Å². The molecule has 0 aliphatic heterocycles. The molecule has 0 aliphatic carbocycles. The number of nitrogens with one attached hydrogen (secondary N) is 1. The first-order valence-electron chi connectivity index (χ1n) is 11.7. The Morgan fingerprint density at radius 3 is 2.45 bits per heavy atom. The van der Waals surface area contributed by atoms with Crippen LogP contribution >= 0.6 is 0 Å². The number of amides is 3. The van der Waals surface area contributed by atoms with E-state index in [1.165, 1.54) is 48.3 Å². The lowest BCUT2D eigenvalue weighted by molar-refractivity contribution is -0.274. The average molecular weight is 550 g/mol. The number of fused-ring (bicyclic) bond motifs is 1. The Bertz CT molecular complexity index is 1640. The molecule has 0 saturated carbocycles. The van der Waals surface area contributed by atoms with Gasteiger partial charge >= 0.3 is 6.36 Å². The van der Waals surface area contributed by atoms with Gasteiger partial charge in [0.15, 0.2) is 0 Å². The Morgan fingerprint density at radius 1 is 1.07 bits per heavy atom. The number of nitriles is 1. The van der Waals surface area contributed by atoms with Gasteiger partial charge in [-0.25, -0.2) is 4.98 Å². The summed E-state index contributed by atoms with van der Waals surface area (Å²) in [6.07, 6.45) is -4.94. The molecule has 40 heavy (non-hydrogen) atoms. The van der Waals surface area contributed by atoms with Crippen LogP contribution in [0.2, 0.25) is 0 Å². The van der Waals surface area contributed by atoms with Gasteiger partial charge in [0.25, 0.3) is 11.8 Å². The average Bonchev–Trinajstić information content (AvgIpc) is 3.26. The molecule has 0 aliphatic rings. The summed E-state index contributed by atoms with van der Waals surface area (Å²) in [5, 5.41) is 11.7. The molecule has 0 unspecified atom stereocenters. The van der Waals surface area contributed by atoms with Gasteiger partial charge in [-0.3, -0.25) is 19.7 Å². The summed E-state index contributed by atoms with van der Waals surface area (Å²) in [6.45, 7) is 0.106. The number of aromatic nitrogens is 2. The molecule has 13 heteroatoms. The number of aryl methyl sites for hydroxylation is 1. The van der Waals surface area contributed by atoms with E-state index in [-0.39, 0.29) is 30.0 Å². The lowest BCUT2D eigenvalue weighted by Gasteiger charge is -2.18. The molecule has 0 radical (unpaired) electrons. The third kappa shape index (κ3) is 6.36. The van der Waals surface area contributed by atoms with Crippen molar-refractivity contribution in [2.75, 3.05) is 17.3 Å². The molecule has 3 amide bonds. The van der Waals surface area contributed by atoms with Crippen molar-refractivity contribution in [3.8, 4) is 11.8 Å². The highest BCUT2D eigenvalue weighted by molar-refractivity contribution is 6.07. The van der Waals surface area contributed by atoms with E-state index >= 15 is 0 Å². The maximum absolute atomic E-state index is 13.0. The summed E-state index contributed by atoms with van der Waals surface area (Å²) in [5.41, 5.74) is 7.20. The highest BCUT2D eigenvalue weighted by atomic mass is 19.4. The number of halogens is 3. The number of primary amides is 1. The number of alkyl halides is 3. The zero-order valence-electron chi connectivity index (χ0n) is 20.9. The fourth-order valence-corrected chi connectivity index (χ4v) is 3.88. The van der Waals surface area contributed by atoms with Crippen LogP contribution < -0.4 is 20.7 Å². The quantitative estimate of drug-likeness (QED) is 0.336. The van der Waals surface area contributed by atoms with Gasteiger partial charge in [0.05, 0.1) is 22.7 Å². The Hall–Kier alpha value is -5.38. The predicted molar refractivity (Wildman–Crippen MR) is 139 cm³/mol. The van der Waals surface area contributed by atoms with Crippen LogP contribution in [0.1, 0.15) is 32.7 Å². The van der Waals surface area contributed by atoms with E-state index in [9.17, 15) is 27.6 Å². The molecule has 1 aromatic heterocycles. The van der Waals surface area contributed by atoms with E-state index < -0.39 is 29.8 Å². The first-order valence-corrected chi connectivity index (χ1v) is 11.7. The van der Waals surface area contributed by atoms with Crippen molar-refractivity contribution in [3.63, 3.8) is 0 Å². The Balaban J connectivity index is 1.64. The zero-order chi connectivity index (χ0) is 29.0. The van der Waals surface area contributed by atoms with Gasteiger partial charge in [-0.15, -0.1) is 13.2 Å². The SMILES string of the molecule is CN(C(=O)c1cccc(OC(F)(F)F)c1)c1ccc2c(c1)nc(NC(=O)c1ccc(C#N)cc1)n2CCC(N)=O. The Kier molecular flexibility index (Phi) is 7.71. The van der Waals surface area contributed by atoms with Crippen molar-refractivity contribution in [2.24, 2.45) is 5.73 Å². The molecule has 0 saturated heterocycles. The lowest BCUT2D eigenvalue weighted by Crippen LogP contribution is -2.26. The second-order valence-electron chi connectivity index (χ2n) is 8.56. The molecule has 0 atom stereocenters. The fourth-order valence-electron chi connectivity index (χ4n) is 3.88. The summed E-state index contributed by atoms with van der Waals surface area (Å²) in [6, 6.07) is 17.4. The number of nitrogens with zero attached hydrogens (tertiary/aromatic N) is 4. The minimum atomic E-state index is -4.90. The second-order valence-corrected chi connectivity index (χ2v) is 8.56. The largest absolute Gasteiger partial charge is 0.573 e. The molecule has 10 nitrogen and oxygen atoms in total. The number of imidazole rings is 1. The fraction of sp³-hybridized carbons (Fsp3) is 0.148. The number of hydrogen-bond donors (Lipinski definition) is 2. The summed E-state index contributed by atoms with van der Waals surface area (Å²) >= 11 is 0. The summed E-state index contributed by atoms with van der Waals surface area (Å²) in [4.78, 5) is 43.0. The zero-order valence-corrected chi connectivity index (χ0v) is 20.9. The van der Waals surface area contributed by atoms with Gasteiger partial charge in [-0.05, 0) is 60.7 Å². The topological polar surface area (TPSA) is 143 Å². The van der Waals surface area contributed by atoms with Crippen LogP contribution in [-0.4, -0.2) is 40.7 Å². The van der Waals surface area contributed by atoms with Gasteiger partial charge in [-0.2, -0.15) is 5.26 Å². The molecule has 3 aromatic carbocycles. The molecular weight excluding hydrogens is 529 g/mol. The van der Waals surface area contributed by atoms with Crippen molar-refractivity contribution in [1.29, 1.82) is 5.26 Å². The number of rotatable bonds is 8. The number of carbonyl (C=O) groups is 3. The van der Waals surface area contributed by atoms with Crippen molar-refractivity contribution in [2.45, 2.75) is 19.3 Å². The maximum atomic E-state index is 13.0. The second kappa shape index (κ2) is 11.2. The maximum Gasteiger partial charge on any atom is 0.573 e. The standard InChI is InChI=1S/C27H21F3N6O4/c1-35(25(39)18-3-2-4-20(13-18)40-27(28,29)30)19-9-10-22-21(14-19)33-26(36(22)12-11-23(32)37)34-24(38)17-7-5-16(15-31)6-8-17/h2-10,13-14H,11-12H2,1H3,(H2,32,37)(H,33,34,38). The van der Waals surface area contributed by atoms with Gasteiger partial charge in [0, 0.05) is 36.8 Å². The Morgan fingerprint density at radius 2 is 1.80 bits per heavy atom. The molecule has 204 valence electrons. The first-order chi connectivity index (χ1) is 18.9. The van der Waals surface area contributed by atoms with Crippen LogP contribution in [0, 0.1) is 11.3 Å². The molecule has 1 heterocycles. The highest BCUT2D eigenvalue weighted by Crippen LogP contribution is 2.28. The van der Waals surface area contributed by atoms with Gasteiger partial charge in [0.1, 0.15) is 5.75 Å². The van der Waals surface area contributed by atoms with Crippen LogP contribution in [0.25, 0.3) is 11.0 Å². The molecule has 4 rings (SSSR count). The van der Waals surface area contributed by atoms with Crippen molar-refractivity contribution in [1.82, 2.24) is 9.55 Å². The first kappa shape index (κ1) is 27.6. The van der Waals surface area contributed by atoms with Crippen molar-refractivity contribution >= 4 is 40.4 Å². The van der Waals surface area contributed by atoms with Gasteiger partial charge in [-0.1, -0.05) is 6.07 Å². The predicted octanol–water partition coefficient (Wildman–Crippen LogP) is 4.21. The molecule has 3 N–H and O–H groups in total. The molecular formula is C27H21F3N6O4. The third-order valence-electron chi connectivity index (χ3n) is 5.82. The third-order valence-corrected chi connectivity index (χ3v) is 5.82. The lowest BCUT2D eigenvalue weighted by atomic mass is 10.1. The normalized spacial score (nSPS) is 11.1. The van der Waals surface area contributed by atoms with Crippen molar-refractivity contribution in [3.05, 3.63) is 83.4 Å². The van der Waals surface area contributed by atoms with E-state index in [2.05, 4.69) is 15.0 Å². The van der Waals surface area contributed by atoms with E-state index in [1.807, 2.05) is 6.07 Å². The number of hydrogen-bond acceptors (Lipinski definition) is 6. The smallest absolute Gasteiger partial charge is 0.406 e. The number of ether oxygens (including phenoxy) is 1. The molecule has 4 aromatic rings. The molecule has 0 fully saturated rings. The van der Waals surface area contributed by atoms with Crippen LogP contribution in [0.15, 0.2) is 66.7 Å². The van der Waals surface area contributed by atoms with E-state index in [4.69, 9.17) is 11.0 Å². The van der Waals surface area contributed by atoms with Crippen LogP contribution in [0.4, 0.5) is 24.8 Å². The monoisotopic (exact) mass is 550 g/mol. The minimum absolute atomic E-state index is 0.0355. The number of benzene rings is 3. The number of carbonyl (C=O) groups excluding carboxylic acids is 3. The Labute approximate surface area is 225 Å². The van der Waals surface area contributed by atoms with Gasteiger partial charge < -0.3 is 19.9 Å². The van der Waals surface area contributed by atoms with Crippen LogP contribution in [0.5, 0.6) is 5.75 Å². The van der Waals surface area contributed by atoms with Gasteiger partial charge in [0.2, 0.25) is 11.9 Å². The minimum Gasteiger partial charge on any atom is -0.406 e. The number of nitrogens with two attached hydrogens (primary N) is 1. The summed E-state index contributed by atoms with van der Waals surface area (Å²) < 4.78 is 43.3. The summed E-state index contributed by atoms with van der Waals surface area (Å²) in [5.74, 6) is -2.08. The van der Waals surface area contributed by atoms with E-state index in [0.29, 0.717) is 22.3 Å². The summed E-state index contributed by atoms with van der Waals surface area (Å²) in [7, 11) is 1.44. The highest BCUT2D eigenvalue weighted by Gasteiger charge is 2.31.